The number of carbonyl (C=O) groups excluding carboxylic acids is 2. The predicted octanol–water partition coefficient (Wildman–Crippen LogP) is 1.76. The van der Waals surface area contributed by atoms with Gasteiger partial charge in [0.05, 0.1) is 19.1 Å². The first kappa shape index (κ1) is 18.1. The summed E-state index contributed by atoms with van der Waals surface area (Å²) < 4.78 is 5.23. The van der Waals surface area contributed by atoms with Crippen LogP contribution in [0.4, 0.5) is 5.69 Å². The number of aliphatic hydroxyl groups excluding tert-OH is 1. The molecule has 0 unspecified atom stereocenters. The molecule has 1 heterocycles. The SMILES string of the molecule is CN1C(=O)COC[C@@H]1[C@H](O)c1ccc(NC(=O)Cc2ccccc2)cc1. The number of amides is 2. The summed E-state index contributed by atoms with van der Waals surface area (Å²) in [6.07, 6.45) is -0.546. The maximum Gasteiger partial charge on any atom is 0.248 e. The van der Waals surface area contributed by atoms with Crippen LogP contribution in [0.3, 0.4) is 0 Å². The number of hydrogen-bond donors (Lipinski definition) is 2. The highest BCUT2D eigenvalue weighted by atomic mass is 16.5. The lowest BCUT2D eigenvalue weighted by Gasteiger charge is -2.35. The number of nitrogens with zero attached hydrogens (tertiary/aromatic N) is 1. The fourth-order valence-corrected chi connectivity index (χ4v) is 2.94. The second kappa shape index (κ2) is 8.12. The molecule has 6 nitrogen and oxygen atoms in total. The molecule has 3 rings (SSSR count). The van der Waals surface area contributed by atoms with Crippen LogP contribution in [-0.4, -0.2) is 48.1 Å². The molecule has 136 valence electrons. The van der Waals surface area contributed by atoms with Crippen LogP contribution in [0.1, 0.15) is 17.2 Å². The van der Waals surface area contributed by atoms with Crippen molar-refractivity contribution in [2.75, 3.05) is 25.6 Å². The molecule has 0 saturated carbocycles. The minimum absolute atomic E-state index is 0.0477. The molecule has 6 heteroatoms. The topological polar surface area (TPSA) is 78.9 Å². The van der Waals surface area contributed by atoms with Crippen LogP contribution in [0, 0.1) is 0 Å². The minimum atomic E-state index is -0.849. The Kier molecular flexibility index (Phi) is 5.65. The zero-order chi connectivity index (χ0) is 18.5. The number of likely N-dealkylation sites (N-methyl/N-ethyl adjacent to an activating group) is 1. The third-order valence-corrected chi connectivity index (χ3v) is 4.51. The molecule has 2 aromatic rings. The largest absolute Gasteiger partial charge is 0.386 e. The van der Waals surface area contributed by atoms with Gasteiger partial charge < -0.3 is 20.1 Å². The Morgan fingerprint density at radius 3 is 2.62 bits per heavy atom. The van der Waals surface area contributed by atoms with E-state index >= 15 is 0 Å². The standard InChI is InChI=1S/C20H22N2O4/c1-22-17(12-26-13-19(22)24)20(25)15-7-9-16(10-8-15)21-18(23)11-14-5-3-2-4-6-14/h2-10,17,20,25H,11-13H2,1H3,(H,21,23)/t17-,20-/m1/s1. The van der Waals surface area contributed by atoms with Gasteiger partial charge in [0.2, 0.25) is 11.8 Å². The van der Waals surface area contributed by atoms with Gasteiger partial charge in [-0.2, -0.15) is 0 Å². The summed E-state index contributed by atoms with van der Waals surface area (Å²) in [6, 6.07) is 16.1. The Morgan fingerprint density at radius 1 is 1.23 bits per heavy atom. The van der Waals surface area contributed by atoms with Crippen molar-refractivity contribution in [2.45, 2.75) is 18.6 Å². The van der Waals surface area contributed by atoms with Gasteiger partial charge in [-0.15, -0.1) is 0 Å². The molecule has 2 amide bonds. The monoisotopic (exact) mass is 354 g/mol. The molecule has 1 aliphatic heterocycles. The van der Waals surface area contributed by atoms with Gasteiger partial charge in [0.15, 0.2) is 0 Å². The van der Waals surface area contributed by atoms with Crippen molar-refractivity contribution in [1.82, 2.24) is 4.90 Å². The highest BCUT2D eigenvalue weighted by Crippen LogP contribution is 2.24. The van der Waals surface area contributed by atoms with E-state index in [1.165, 1.54) is 4.90 Å². The Morgan fingerprint density at radius 2 is 1.92 bits per heavy atom. The van der Waals surface area contributed by atoms with Crippen molar-refractivity contribution in [3.05, 3.63) is 65.7 Å². The summed E-state index contributed by atoms with van der Waals surface area (Å²) in [5, 5.41) is 13.4. The molecule has 2 N–H and O–H groups in total. The number of ether oxygens (including phenoxy) is 1. The lowest BCUT2D eigenvalue weighted by molar-refractivity contribution is -0.151. The maximum absolute atomic E-state index is 12.1. The second-order valence-electron chi connectivity index (χ2n) is 6.36. The normalized spacial score (nSPS) is 18.5. The van der Waals surface area contributed by atoms with Crippen molar-refractivity contribution in [2.24, 2.45) is 0 Å². The summed E-state index contributed by atoms with van der Waals surface area (Å²) in [7, 11) is 1.66. The van der Waals surface area contributed by atoms with Gasteiger partial charge in [-0.3, -0.25) is 9.59 Å². The van der Waals surface area contributed by atoms with Crippen molar-refractivity contribution >= 4 is 17.5 Å². The summed E-state index contributed by atoms with van der Waals surface area (Å²) in [5.41, 5.74) is 2.27. The van der Waals surface area contributed by atoms with Crippen LogP contribution < -0.4 is 5.32 Å². The number of benzene rings is 2. The third-order valence-electron chi connectivity index (χ3n) is 4.51. The van der Waals surface area contributed by atoms with E-state index in [0.29, 0.717) is 24.3 Å². The Bertz CT molecular complexity index is 761. The summed E-state index contributed by atoms with van der Waals surface area (Å²) in [5.74, 6) is -0.249. The molecule has 0 radical (unpaired) electrons. The van der Waals surface area contributed by atoms with E-state index in [0.717, 1.165) is 5.56 Å². The van der Waals surface area contributed by atoms with E-state index in [-0.39, 0.29) is 18.4 Å². The van der Waals surface area contributed by atoms with Crippen LogP contribution in [0.5, 0.6) is 0 Å². The van der Waals surface area contributed by atoms with Gasteiger partial charge in [0.1, 0.15) is 12.7 Å². The number of anilines is 1. The molecule has 1 fully saturated rings. The van der Waals surface area contributed by atoms with Crippen molar-refractivity contribution in [3.63, 3.8) is 0 Å². The van der Waals surface area contributed by atoms with Gasteiger partial charge in [-0.05, 0) is 23.3 Å². The third kappa shape index (κ3) is 4.28. The zero-order valence-corrected chi connectivity index (χ0v) is 14.6. The molecule has 0 spiro atoms. The van der Waals surface area contributed by atoms with Crippen molar-refractivity contribution in [3.8, 4) is 0 Å². The number of aliphatic hydroxyl groups is 1. The highest BCUT2D eigenvalue weighted by molar-refractivity contribution is 5.92. The quantitative estimate of drug-likeness (QED) is 0.858. The van der Waals surface area contributed by atoms with Crippen LogP contribution in [-0.2, 0) is 20.7 Å². The molecule has 2 aromatic carbocycles. The predicted molar refractivity (Wildman–Crippen MR) is 97.6 cm³/mol. The average molecular weight is 354 g/mol. The van der Waals surface area contributed by atoms with E-state index in [9.17, 15) is 14.7 Å². The Labute approximate surface area is 152 Å². The molecule has 0 aliphatic carbocycles. The fraction of sp³-hybridized carbons (Fsp3) is 0.300. The number of hydrogen-bond acceptors (Lipinski definition) is 4. The average Bonchev–Trinajstić information content (AvgIpc) is 2.65. The first-order valence-electron chi connectivity index (χ1n) is 8.50. The van der Waals surface area contributed by atoms with E-state index in [1.54, 1.807) is 31.3 Å². The smallest absolute Gasteiger partial charge is 0.248 e. The second-order valence-corrected chi connectivity index (χ2v) is 6.36. The number of carbonyl (C=O) groups is 2. The maximum atomic E-state index is 12.1. The lowest BCUT2D eigenvalue weighted by atomic mass is 10.0. The number of morpholine rings is 1. The zero-order valence-electron chi connectivity index (χ0n) is 14.6. The molecule has 0 aromatic heterocycles. The van der Waals surface area contributed by atoms with Gasteiger partial charge in [0, 0.05) is 12.7 Å². The van der Waals surface area contributed by atoms with Crippen molar-refractivity contribution < 1.29 is 19.4 Å². The Balaban J connectivity index is 1.61. The van der Waals surface area contributed by atoms with Crippen LogP contribution in [0.25, 0.3) is 0 Å². The van der Waals surface area contributed by atoms with Gasteiger partial charge >= 0.3 is 0 Å². The minimum Gasteiger partial charge on any atom is -0.386 e. The molecule has 0 bridgehead atoms. The van der Waals surface area contributed by atoms with Crippen LogP contribution >= 0.6 is 0 Å². The molecular weight excluding hydrogens is 332 g/mol. The summed E-state index contributed by atoms with van der Waals surface area (Å²) in [6.45, 7) is 0.338. The van der Waals surface area contributed by atoms with Crippen LogP contribution in [0.2, 0.25) is 0 Å². The van der Waals surface area contributed by atoms with E-state index < -0.39 is 12.1 Å². The Hall–Kier alpha value is -2.70. The summed E-state index contributed by atoms with van der Waals surface area (Å²) >= 11 is 0. The molecule has 26 heavy (non-hydrogen) atoms. The molecule has 2 atom stereocenters. The van der Waals surface area contributed by atoms with E-state index in [4.69, 9.17) is 4.74 Å². The lowest BCUT2D eigenvalue weighted by Crippen LogP contribution is -2.49. The van der Waals surface area contributed by atoms with Crippen LogP contribution in [0.15, 0.2) is 54.6 Å². The van der Waals surface area contributed by atoms with E-state index in [2.05, 4.69) is 5.32 Å². The number of nitrogens with one attached hydrogen (secondary N) is 1. The highest BCUT2D eigenvalue weighted by Gasteiger charge is 2.32. The van der Waals surface area contributed by atoms with E-state index in [1.807, 2.05) is 30.3 Å². The van der Waals surface area contributed by atoms with Gasteiger partial charge in [-0.1, -0.05) is 42.5 Å². The number of rotatable bonds is 5. The first-order chi connectivity index (χ1) is 12.5. The first-order valence-corrected chi connectivity index (χ1v) is 8.50. The van der Waals surface area contributed by atoms with Crippen molar-refractivity contribution in [1.29, 1.82) is 0 Å². The molecule has 1 aliphatic rings. The molecular formula is C20H22N2O4. The van der Waals surface area contributed by atoms with Gasteiger partial charge in [-0.25, -0.2) is 0 Å². The van der Waals surface area contributed by atoms with Gasteiger partial charge in [0.25, 0.3) is 0 Å². The summed E-state index contributed by atoms with van der Waals surface area (Å²) in [4.78, 5) is 25.3. The molecule has 1 saturated heterocycles. The fourth-order valence-electron chi connectivity index (χ4n) is 2.94.